The zero-order chi connectivity index (χ0) is 11.5. The fraction of sp³-hybridized carbons (Fsp3) is 0.636. The molecule has 0 radical (unpaired) electrons. The van der Waals surface area contributed by atoms with Gasteiger partial charge in [0.25, 0.3) is 0 Å². The Balaban J connectivity index is 2.17. The average Bonchev–Trinajstić information content (AvgIpc) is 2.90. The van der Waals surface area contributed by atoms with Gasteiger partial charge in [-0.25, -0.2) is 4.79 Å². The van der Waals surface area contributed by atoms with Gasteiger partial charge in [-0.15, -0.1) is 0 Å². The standard InChI is InChI=1S/C11H17N3O2/c1-14-10(5-8-3-4-12-6-8)9(7-13-14)11(15)16-2/h7-8,12H,3-6H2,1-2H3. The van der Waals surface area contributed by atoms with E-state index in [-0.39, 0.29) is 5.97 Å². The van der Waals surface area contributed by atoms with Crippen LogP contribution in [0.3, 0.4) is 0 Å². The van der Waals surface area contributed by atoms with Crippen LogP contribution in [0.1, 0.15) is 22.5 Å². The van der Waals surface area contributed by atoms with Crippen LogP contribution in [0.4, 0.5) is 0 Å². The highest BCUT2D eigenvalue weighted by Crippen LogP contribution is 2.18. The lowest BCUT2D eigenvalue weighted by atomic mass is 10.0. The van der Waals surface area contributed by atoms with E-state index in [1.54, 1.807) is 10.9 Å². The molecule has 0 amide bonds. The van der Waals surface area contributed by atoms with Gasteiger partial charge in [-0.05, 0) is 31.8 Å². The van der Waals surface area contributed by atoms with Crippen molar-refractivity contribution < 1.29 is 9.53 Å². The Hall–Kier alpha value is -1.36. The van der Waals surface area contributed by atoms with Gasteiger partial charge in [0.1, 0.15) is 5.56 Å². The summed E-state index contributed by atoms with van der Waals surface area (Å²) in [6, 6.07) is 0. The molecular formula is C11H17N3O2. The summed E-state index contributed by atoms with van der Waals surface area (Å²) in [4.78, 5) is 11.5. The summed E-state index contributed by atoms with van der Waals surface area (Å²) < 4.78 is 6.52. The monoisotopic (exact) mass is 223 g/mol. The minimum atomic E-state index is -0.297. The number of carbonyl (C=O) groups excluding carboxylic acids is 1. The summed E-state index contributed by atoms with van der Waals surface area (Å²) >= 11 is 0. The smallest absolute Gasteiger partial charge is 0.341 e. The molecular weight excluding hydrogens is 206 g/mol. The van der Waals surface area contributed by atoms with Crippen molar-refractivity contribution >= 4 is 5.97 Å². The van der Waals surface area contributed by atoms with Gasteiger partial charge in [0.15, 0.2) is 0 Å². The summed E-state index contributed by atoms with van der Waals surface area (Å²) in [5.74, 6) is 0.299. The highest BCUT2D eigenvalue weighted by molar-refractivity contribution is 5.90. The SMILES string of the molecule is COC(=O)c1cnn(C)c1CC1CCNC1. The van der Waals surface area contributed by atoms with E-state index >= 15 is 0 Å². The quantitative estimate of drug-likeness (QED) is 0.752. The van der Waals surface area contributed by atoms with Crippen LogP contribution in [0.25, 0.3) is 0 Å². The van der Waals surface area contributed by atoms with Gasteiger partial charge >= 0.3 is 5.97 Å². The molecule has 1 aliphatic heterocycles. The zero-order valence-electron chi connectivity index (χ0n) is 9.69. The van der Waals surface area contributed by atoms with Crippen LogP contribution in [0, 0.1) is 5.92 Å². The van der Waals surface area contributed by atoms with E-state index in [1.807, 2.05) is 7.05 Å². The Morgan fingerprint density at radius 3 is 3.19 bits per heavy atom. The number of aryl methyl sites for hydroxylation is 1. The normalized spacial score (nSPS) is 20.0. The molecule has 1 atom stereocenters. The molecule has 1 saturated heterocycles. The lowest BCUT2D eigenvalue weighted by molar-refractivity contribution is 0.0599. The van der Waals surface area contributed by atoms with E-state index in [1.165, 1.54) is 7.11 Å². The molecule has 0 spiro atoms. The highest BCUT2D eigenvalue weighted by Gasteiger charge is 2.22. The van der Waals surface area contributed by atoms with E-state index in [0.29, 0.717) is 11.5 Å². The minimum Gasteiger partial charge on any atom is -0.465 e. The van der Waals surface area contributed by atoms with Crippen molar-refractivity contribution in [2.24, 2.45) is 13.0 Å². The number of nitrogens with zero attached hydrogens (tertiary/aromatic N) is 2. The lowest BCUT2D eigenvalue weighted by Gasteiger charge is -2.10. The van der Waals surface area contributed by atoms with Gasteiger partial charge in [0, 0.05) is 7.05 Å². The van der Waals surface area contributed by atoms with Crippen LogP contribution in [-0.4, -0.2) is 35.9 Å². The Labute approximate surface area is 94.8 Å². The first kappa shape index (κ1) is 11.1. The zero-order valence-corrected chi connectivity index (χ0v) is 9.69. The Morgan fingerprint density at radius 1 is 1.75 bits per heavy atom. The Kier molecular flexibility index (Phi) is 3.24. The number of carbonyl (C=O) groups is 1. The first-order chi connectivity index (χ1) is 7.72. The molecule has 1 N–H and O–H groups in total. The molecule has 5 nitrogen and oxygen atoms in total. The van der Waals surface area contributed by atoms with E-state index < -0.39 is 0 Å². The van der Waals surface area contributed by atoms with Crippen molar-refractivity contribution in [3.63, 3.8) is 0 Å². The lowest BCUT2D eigenvalue weighted by Crippen LogP contribution is -2.15. The van der Waals surface area contributed by atoms with E-state index in [9.17, 15) is 4.79 Å². The minimum absolute atomic E-state index is 0.297. The van der Waals surface area contributed by atoms with Crippen LogP contribution in [0.2, 0.25) is 0 Å². The third-order valence-electron chi connectivity index (χ3n) is 3.11. The predicted octanol–water partition coefficient (Wildman–Crippen LogP) is 0.359. The summed E-state index contributed by atoms with van der Waals surface area (Å²) in [7, 11) is 3.26. The molecule has 2 heterocycles. The fourth-order valence-corrected chi connectivity index (χ4v) is 2.15. The largest absolute Gasteiger partial charge is 0.465 e. The van der Waals surface area contributed by atoms with Crippen molar-refractivity contribution in [2.75, 3.05) is 20.2 Å². The average molecular weight is 223 g/mol. The Bertz CT molecular complexity index is 381. The molecule has 0 bridgehead atoms. The number of esters is 1. The first-order valence-corrected chi connectivity index (χ1v) is 5.52. The molecule has 88 valence electrons. The van der Waals surface area contributed by atoms with Crippen molar-refractivity contribution in [1.82, 2.24) is 15.1 Å². The molecule has 0 saturated carbocycles. The van der Waals surface area contributed by atoms with Crippen LogP contribution < -0.4 is 5.32 Å². The topological polar surface area (TPSA) is 56.1 Å². The Morgan fingerprint density at radius 2 is 2.56 bits per heavy atom. The van der Waals surface area contributed by atoms with Gasteiger partial charge in [-0.1, -0.05) is 0 Å². The molecule has 1 unspecified atom stereocenters. The third-order valence-corrected chi connectivity index (χ3v) is 3.11. The highest BCUT2D eigenvalue weighted by atomic mass is 16.5. The first-order valence-electron chi connectivity index (χ1n) is 5.52. The fourth-order valence-electron chi connectivity index (χ4n) is 2.15. The van der Waals surface area contributed by atoms with Gasteiger partial charge in [0.05, 0.1) is 19.0 Å². The van der Waals surface area contributed by atoms with Crippen molar-refractivity contribution in [2.45, 2.75) is 12.8 Å². The van der Waals surface area contributed by atoms with Crippen LogP contribution >= 0.6 is 0 Å². The number of ether oxygens (including phenoxy) is 1. The molecule has 1 aliphatic rings. The second kappa shape index (κ2) is 4.65. The molecule has 0 aromatic carbocycles. The summed E-state index contributed by atoms with van der Waals surface area (Å²) in [5, 5.41) is 7.44. The van der Waals surface area contributed by atoms with Crippen molar-refractivity contribution in [3.8, 4) is 0 Å². The third kappa shape index (κ3) is 2.09. The summed E-state index contributed by atoms with van der Waals surface area (Å²) in [6.07, 6.45) is 3.63. The number of hydrogen-bond acceptors (Lipinski definition) is 4. The molecule has 2 rings (SSSR count). The van der Waals surface area contributed by atoms with Crippen LogP contribution in [0.15, 0.2) is 6.20 Å². The predicted molar refractivity (Wildman–Crippen MR) is 59.2 cm³/mol. The number of methoxy groups -OCH3 is 1. The molecule has 1 fully saturated rings. The van der Waals surface area contributed by atoms with Crippen LogP contribution in [0.5, 0.6) is 0 Å². The van der Waals surface area contributed by atoms with E-state index in [4.69, 9.17) is 4.74 Å². The van der Waals surface area contributed by atoms with Crippen molar-refractivity contribution in [1.29, 1.82) is 0 Å². The maximum Gasteiger partial charge on any atom is 0.341 e. The second-order valence-corrected chi connectivity index (χ2v) is 4.18. The van der Waals surface area contributed by atoms with E-state index in [0.717, 1.165) is 31.6 Å². The number of nitrogens with one attached hydrogen (secondary N) is 1. The van der Waals surface area contributed by atoms with Gasteiger partial charge in [0.2, 0.25) is 0 Å². The summed E-state index contributed by atoms with van der Waals surface area (Å²) in [5.41, 5.74) is 1.57. The van der Waals surface area contributed by atoms with Crippen LogP contribution in [-0.2, 0) is 18.2 Å². The number of rotatable bonds is 3. The van der Waals surface area contributed by atoms with Gasteiger partial charge in [-0.3, -0.25) is 4.68 Å². The van der Waals surface area contributed by atoms with Gasteiger partial charge < -0.3 is 10.1 Å². The molecule has 5 heteroatoms. The maximum atomic E-state index is 11.5. The number of hydrogen-bond donors (Lipinski definition) is 1. The maximum absolute atomic E-state index is 11.5. The second-order valence-electron chi connectivity index (χ2n) is 4.18. The molecule has 1 aromatic rings. The molecule has 0 aliphatic carbocycles. The summed E-state index contributed by atoms with van der Waals surface area (Å²) in [6.45, 7) is 2.09. The van der Waals surface area contributed by atoms with E-state index in [2.05, 4.69) is 10.4 Å². The molecule has 1 aromatic heterocycles. The number of aromatic nitrogens is 2. The van der Waals surface area contributed by atoms with Gasteiger partial charge in [-0.2, -0.15) is 5.10 Å². The molecule has 16 heavy (non-hydrogen) atoms. The van der Waals surface area contributed by atoms with Crippen molar-refractivity contribution in [3.05, 3.63) is 17.5 Å².